The Morgan fingerprint density at radius 3 is 2.83 bits per heavy atom. The number of carbonyl (C=O) groups is 2. The molecular formula is C10H10N6O2. The Bertz CT molecular complexity index is 564. The highest BCUT2D eigenvalue weighted by atomic mass is 16.2. The van der Waals surface area contributed by atoms with Crippen LogP contribution in [0.4, 0.5) is 11.8 Å². The van der Waals surface area contributed by atoms with Crippen LogP contribution in [0.1, 0.15) is 12.0 Å². The molecule has 1 aromatic heterocycles. The molecule has 18 heavy (non-hydrogen) atoms. The van der Waals surface area contributed by atoms with Gasteiger partial charge in [-0.1, -0.05) is 0 Å². The molecule has 2 amide bonds. The molecule has 4 N–H and O–H groups in total. The smallest absolute Gasteiger partial charge is 0.234 e. The molecule has 1 aromatic rings. The van der Waals surface area contributed by atoms with Gasteiger partial charge in [-0.2, -0.15) is 10.2 Å². The van der Waals surface area contributed by atoms with E-state index in [4.69, 9.17) is 16.7 Å². The summed E-state index contributed by atoms with van der Waals surface area (Å²) < 4.78 is 0. The molecular weight excluding hydrogens is 236 g/mol. The minimum absolute atomic E-state index is 0.00201. The first-order valence-electron chi connectivity index (χ1n) is 5.15. The number of hydrogen-bond donors (Lipinski definition) is 2. The number of rotatable bonds is 2. The van der Waals surface area contributed by atoms with Gasteiger partial charge in [0.15, 0.2) is 0 Å². The van der Waals surface area contributed by atoms with Crippen molar-refractivity contribution in [1.82, 2.24) is 9.97 Å². The van der Waals surface area contributed by atoms with Crippen molar-refractivity contribution < 1.29 is 9.59 Å². The second kappa shape index (κ2) is 4.29. The highest BCUT2D eigenvalue weighted by Crippen LogP contribution is 2.22. The van der Waals surface area contributed by atoms with Crippen LogP contribution in [0.15, 0.2) is 6.20 Å². The number of anilines is 2. The van der Waals surface area contributed by atoms with E-state index < -0.39 is 11.8 Å². The number of nitrogens with zero attached hydrogens (tertiary/aromatic N) is 4. The van der Waals surface area contributed by atoms with Crippen molar-refractivity contribution in [3.8, 4) is 6.07 Å². The van der Waals surface area contributed by atoms with Gasteiger partial charge in [-0.3, -0.25) is 14.5 Å². The summed E-state index contributed by atoms with van der Waals surface area (Å²) in [6, 6.07) is 1.82. The number of carbonyl (C=O) groups excluding carboxylic acids is 2. The van der Waals surface area contributed by atoms with Crippen LogP contribution in [0.2, 0.25) is 0 Å². The largest absolute Gasteiger partial charge is 0.382 e. The third-order valence-corrected chi connectivity index (χ3v) is 2.69. The molecule has 2 rings (SSSR count). The van der Waals surface area contributed by atoms with Gasteiger partial charge < -0.3 is 11.5 Å². The predicted octanol–water partition coefficient (Wildman–Crippen LogP) is -1.23. The van der Waals surface area contributed by atoms with Gasteiger partial charge in [0.2, 0.25) is 17.8 Å². The fourth-order valence-electron chi connectivity index (χ4n) is 1.69. The number of primary amides is 1. The number of amides is 2. The van der Waals surface area contributed by atoms with Crippen LogP contribution < -0.4 is 16.4 Å². The molecule has 8 nitrogen and oxygen atoms in total. The lowest BCUT2D eigenvalue weighted by atomic mass is 10.1. The minimum atomic E-state index is -0.544. The fourth-order valence-corrected chi connectivity index (χ4v) is 1.69. The molecule has 0 aromatic carbocycles. The van der Waals surface area contributed by atoms with Crippen LogP contribution in [-0.4, -0.2) is 28.3 Å². The van der Waals surface area contributed by atoms with Crippen molar-refractivity contribution in [2.45, 2.75) is 6.42 Å². The minimum Gasteiger partial charge on any atom is -0.382 e. The molecule has 1 atom stereocenters. The van der Waals surface area contributed by atoms with E-state index in [1.54, 1.807) is 0 Å². The normalized spacial score (nSPS) is 18.7. The van der Waals surface area contributed by atoms with E-state index in [1.165, 1.54) is 11.1 Å². The summed E-state index contributed by atoms with van der Waals surface area (Å²) in [6.45, 7) is 0.138. The first-order valence-corrected chi connectivity index (χ1v) is 5.15. The van der Waals surface area contributed by atoms with Crippen LogP contribution in [0.3, 0.4) is 0 Å². The molecule has 1 aliphatic rings. The van der Waals surface area contributed by atoms with Gasteiger partial charge in [0.25, 0.3) is 0 Å². The molecule has 92 valence electrons. The lowest BCUT2D eigenvalue weighted by Crippen LogP contribution is -2.29. The number of hydrogen-bond acceptors (Lipinski definition) is 6. The number of aromatic nitrogens is 2. The van der Waals surface area contributed by atoms with Crippen molar-refractivity contribution >= 4 is 23.6 Å². The first-order chi connectivity index (χ1) is 8.52. The third-order valence-electron chi connectivity index (χ3n) is 2.69. The maximum Gasteiger partial charge on any atom is 0.234 e. The Kier molecular flexibility index (Phi) is 2.81. The number of nitrogens with two attached hydrogens (primary N) is 2. The maximum absolute atomic E-state index is 11.7. The van der Waals surface area contributed by atoms with E-state index in [9.17, 15) is 9.59 Å². The molecule has 8 heteroatoms. The van der Waals surface area contributed by atoms with Crippen molar-refractivity contribution in [3.05, 3.63) is 11.8 Å². The molecule has 0 radical (unpaired) electrons. The maximum atomic E-state index is 11.7. The predicted molar refractivity (Wildman–Crippen MR) is 60.8 cm³/mol. The SMILES string of the molecule is N#Cc1cnc(N2CC(C(N)=O)CC2=O)nc1N. The fraction of sp³-hybridized carbons (Fsp3) is 0.300. The Balaban J connectivity index is 2.28. The summed E-state index contributed by atoms with van der Waals surface area (Å²) in [7, 11) is 0. The third kappa shape index (κ3) is 1.93. The quantitative estimate of drug-likeness (QED) is 0.669. The summed E-state index contributed by atoms with van der Waals surface area (Å²) in [5.74, 6) is -1.29. The zero-order chi connectivity index (χ0) is 13.3. The van der Waals surface area contributed by atoms with E-state index in [0.29, 0.717) is 0 Å². The Hall–Kier alpha value is -2.69. The molecule has 1 fully saturated rings. The standard InChI is InChI=1S/C10H10N6O2/c11-2-6-3-14-10(15-8(6)12)16-4-5(9(13)18)1-7(16)17/h3,5H,1,4H2,(H2,13,18)(H2,12,14,15). The summed E-state index contributed by atoms with van der Waals surface area (Å²) in [5.41, 5.74) is 10.8. The summed E-state index contributed by atoms with van der Waals surface area (Å²) in [6.07, 6.45) is 1.28. The van der Waals surface area contributed by atoms with Gasteiger partial charge in [-0.15, -0.1) is 0 Å². The number of nitrogen functional groups attached to an aromatic ring is 1. The van der Waals surface area contributed by atoms with E-state index in [2.05, 4.69) is 9.97 Å². The van der Waals surface area contributed by atoms with E-state index in [1.807, 2.05) is 6.07 Å². The Labute approximate surface area is 102 Å². The number of nitriles is 1. The van der Waals surface area contributed by atoms with Gasteiger partial charge in [-0.25, -0.2) is 4.98 Å². The van der Waals surface area contributed by atoms with Crippen LogP contribution >= 0.6 is 0 Å². The van der Waals surface area contributed by atoms with Crippen molar-refractivity contribution in [3.63, 3.8) is 0 Å². The molecule has 2 heterocycles. The summed E-state index contributed by atoms with van der Waals surface area (Å²) >= 11 is 0. The van der Waals surface area contributed by atoms with Gasteiger partial charge in [0.1, 0.15) is 17.5 Å². The highest BCUT2D eigenvalue weighted by Gasteiger charge is 2.35. The summed E-state index contributed by atoms with van der Waals surface area (Å²) in [5, 5.41) is 8.69. The zero-order valence-electron chi connectivity index (χ0n) is 9.33. The second-order valence-corrected chi connectivity index (χ2v) is 3.89. The molecule has 1 saturated heterocycles. The van der Waals surface area contributed by atoms with E-state index >= 15 is 0 Å². The molecule has 0 saturated carbocycles. The van der Waals surface area contributed by atoms with Crippen LogP contribution in [0.25, 0.3) is 0 Å². The van der Waals surface area contributed by atoms with Crippen molar-refractivity contribution in [1.29, 1.82) is 5.26 Å². The van der Waals surface area contributed by atoms with Gasteiger partial charge in [0.05, 0.1) is 12.1 Å². The second-order valence-electron chi connectivity index (χ2n) is 3.89. The molecule has 0 bridgehead atoms. The van der Waals surface area contributed by atoms with E-state index in [0.717, 1.165) is 0 Å². The lowest BCUT2D eigenvalue weighted by molar-refractivity contribution is -0.123. The van der Waals surface area contributed by atoms with Gasteiger partial charge >= 0.3 is 0 Å². The average molecular weight is 246 g/mol. The van der Waals surface area contributed by atoms with Crippen molar-refractivity contribution in [2.75, 3.05) is 17.2 Å². The molecule has 1 unspecified atom stereocenters. The van der Waals surface area contributed by atoms with Crippen LogP contribution in [0.5, 0.6) is 0 Å². The Morgan fingerprint density at radius 2 is 2.33 bits per heavy atom. The van der Waals surface area contributed by atoms with Crippen LogP contribution in [0, 0.1) is 17.2 Å². The Morgan fingerprint density at radius 1 is 1.61 bits per heavy atom. The molecule has 0 aliphatic carbocycles. The highest BCUT2D eigenvalue weighted by molar-refractivity contribution is 5.98. The average Bonchev–Trinajstić information content (AvgIpc) is 2.71. The van der Waals surface area contributed by atoms with Crippen molar-refractivity contribution in [2.24, 2.45) is 11.7 Å². The van der Waals surface area contributed by atoms with E-state index in [-0.39, 0.29) is 36.2 Å². The summed E-state index contributed by atoms with van der Waals surface area (Å²) in [4.78, 5) is 31.7. The van der Waals surface area contributed by atoms with Gasteiger partial charge in [-0.05, 0) is 0 Å². The first kappa shape index (κ1) is 11.8. The van der Waals surface area contributed by atoms with Crippen LogP contribution in [-0.2, 0) is 9.59 Å². The topological polar surface area (TPSA) is 139 Å². The molecule has 1 aliphatic heterocycles. The van der Waals surface area contributed by atoms with Gasteiger partial charge in [0, 0.05) is 13.0 Å². The zero-order valence-corrected chi connectivity index (χ0v) is 9.33. The monoisotopic (exact) mass is 246 g/mol. The lowest BCUT2D eigenvalue weighted by Gasteiger charge is -2.13. The molecule has 0 spiro atoms.